The van der Waals surface area contributed by atoms with Crippen molar-refractivity contribution < 1.29 is 17.9 Å². The van der Waals surface area contributed by atoms with E-state index in [1.165, 1.54) is 12.1 Å². The molecule has 7 heteroatoms. The van der Waals surface area contributed by atoms with Gasteiger partial charge in [0.25, 0.3) is 0 Å². The van der Waals surface area contributed by atoms with Gasteiger partial charge in [-0.2, -0.15) is 20.5 Å². The van der Waals surface area contributed by atoms with Gasteiger partial charge in [0.15, 0.2) is 0 Å². The third-order valence-electron chi connectivity index (χ3n) is 2.62. The van der Waals surface area contributed by atoms with Crippen LogP contribution in [0.15, 0.2) is 34.7 Å². The summed E-state index contributed by atoms with van der Waals surface area (Å²) in [5.74, 6) is 2.49. The van der Waals surface area contributed by atoms with E-state index in [1.54, 1.807) is 17.8 Å². The van der Waals surface area contributed by atoms with Crippen LogP contribution in [-0.4, -0.2) is 12.9 Å². The molecule has 0 spiro atoms. The smallest absolute Gasteiger partial charge is 0.387 e. The summed E-state index contributed by atoms with van der Waals surface area (Å²) in [6.45, 7) is -2.40. The van der Waals surface area contributed by atoms with E-state index in [4.69, 9.17) is 16.0 Å². The fraction of sp³-hybridized carbons (Fsp3) is 0.286. The van der Waals surface area contributed by atoms with Crippen LogP contribution in [-0.2, 0) is 12.3 Å². The molecule has 0 saturated heterocycles. The molecule has 1 N–H and O–H groups in total. The zero-order valence-electron chi connectivity index (χ0n) is 11.2. The Labute approximate surface area is 130 Å². The van der Waals surface area contributed by atoms with Gasteiger partial charge in [-0.3, -0.25) is 0 Å². The van der Waals surface area contributed by atoms with Gasteiger partial charge >= 0.3 is 6.61 Å². The number of benzene rings is 1. The van der Waals surface area contributed by atoms with Crippen LogP contribution in [0.4, 0.5) is 14.5 Å². The molecule has 0 aliphatic carbocycles. The van der Waals surface area contributed by atoms with Gasteiger partial charge in [0.2, 0.25) is 0 Å². The zero-order valence-corrected chi connectivity index (χ0v) is 12.8. The van der Waals surface area contributed by atoms with E-state index in [1.807, 2.05) is 18.4 Å². The maximum absolute atomic E-state index is 12.1. The van der Waals surface area contributed by atoms with Crippen molar-refractivity contribution in [2.75, 3.05) is 11.6 Å². The molecule has 3 nitrogen and oxygen atoms in total. The van der Waals surface area contributed by atoms with Gasteiger partial charge in [0.05, 0.1) is 17.3 Å². The molecule has 0 amide bonds. The van der Waals surface area contributed by atoms with Crippen LogP contribution in [0.25, 0.3) is 0 Å². The topological polar surface area (TPSA) is 34.4 Å². The van der Waals surface area contributed by atoms with Crippen LogP contribution >= 0.6 is 23.4 Å². The number of rotatable bonds is 7. The van der Waals surface area contributed by atoms with Crippen molar-refractivity contribution in [1.82, 2.24) is 0 Å². The standard InChI is InChI=1S/C14H14ClF2NO2S/c1-21-8-11-4-3-10(19-11)7-18-9-2-5-13(12(15)6-9)20-14(16)17/h2-6,14,18H,7-8H2,1H3. The van der Waals surface area contributed by atoms with Crippen LogP contribution in [0.1, 0.15) is 11.5 Å². The molecule has 0 saturated carbocycles. The molecule has 1 heterocycles. The lowest BCUT2D eigenvalue weighted by atomic mass is 10.3. The highest BCUT2D eigenvalue weighted by Gasteiger charge is 2.09. The van der Waals surface area contributed by atoms with Crippen LogP contribution in [0.2, 0.25) is 5.02 Å². The van der Waals surface area contributed by atoms with Gasteiger partial charge in [-0.05, 0) is 36.6 Å². The predicted octanol–water partition coefficient (Wildman–Crippen LogP) is 5.01. The van der Waals surface area contributed by atoms with Crippen molar-refractivity contribution in [1.29, 1.82) is 0 Å². The average molecular weight is 334 g/mol. The first-order valence-corrected chi connectivity index (χ1v) is 7.90. The molecular weight excluding hydrogens is 320 g/mol. The van der Waals surface area contributed by atoms with E-state index in [9.17, 15) is 8.78 Å². The normalized spacial score (nSPS) is 10.9. The van der Waals surface area contributed by atoms with Crippen molar-refractivity contribution in [3.8, 4) is 5.75 Å². The molecule has 0 atom stereocenters. The first-order valence-electron chi connectivity index (χ1n) is 6.13. The van der Waals surface area contributed by atoms with Gasteiger partial charge in [0.1, 0.15) is 17.3 Å². The third kappa shape index (κ3) is 4.82. The second-order valence-electron chi connectivity index (χ2n) is 4.18. The summed E-state index contributed by atoms with van der Waals surface area (Å²) in [7, 11) is 0. The second-order valence-corrected chi connectivity index (χ2v) is 5.45. The number of ether oxygens (including phenoxy) is 1. The maximum Gasteiger partial charge on any atom is 0.387 e. The number of hydrogen-bond acceptors (Lipinski definition) is 4. The minimum absolute atomic E-state index is 0.0440. The Morgan fingerprint density at radius 1 is 1.29 bits per heavy atom. The molecule has 0 radical (unpaired) electrons. The van der Waals surface area contributed by atoms with Crippen molar-refractivity contribution in [2.24, 2.45) is 0 Å². The maximum atomic E-state index is 12.1. The first kappa shape index (κ1) is 16.0. The van der Waals surface area contributed by atoms with Crippen LogP contribution < -0.4 is 10.1 Å². The molecule has 2 rings (SSSR count). The van der Waals surface area contributed by atoms with E-state index < -0.39 is 6.61 Å². The highest BCUT2D eigenvalue weighted by Crippen LogP contribution is 2.29. The summed E-state index contributed by atoms with van der Waals surface area (Å²) < 4.78 is 34.1. The minimum Gasteiger partial charge on any atom is -0.463 e. The highest BCUT2D eigenvalue weighted by molar-refractivity contribution is 7.97. The molecular formula is C14H14ClF2NO2S. The molecule has 0 unspecified atom stereocenters. The molecule has 21 heavy (non-hydrogen) atoms. The monoisotopic (exact) mass is 333 g/mol. The van der Waals surface area contributed by atoms with E-state index >= 15 is 0 Å². The second kappa shape index (κ2) is 7.56. The highest BCUT2D eigenvalue weighted by atomic mass is 35.5. The van der Waals surface area contributed by atoms with E-state index in [-0.39, 0.29) is 10.8 Å². The van der Waals surface area contributed by atoms with E-state index in [2.05, 4.69) is 10.1 Å². The van der Waals surface area contributed by atoms with Gasteiger partial charge in [0, 0.05) is 5.69 Å². The Morgan fingerprint density at radius 3 is 2.71 bits per heavy atom. The summed E-state index contributed by atoms with van der Waals surface area (Å²) in [6, 6.07) is 8.38. The van der Waals surface area contributed by atoms with Gasteiger partial charge in [-0.25, -0.2) is 0 Å². The predicted molar refractivity (Wildman–Crippen MR) is 81.3 cm³/mol. The number of thioether (sulfide) groups is 1. The lowest BCUT2D eigenvalue weighted by molar-refractivity contribution is -0.0497. The van der Waals surface area contributed by atoms with Crippen LogP contribution in [0.3, 0.4) is 0 Å². The molecule has 0 bridgehead atoms. The lowest BCUT2D eigenvalue weighted by Crippen LogP contribution is -2.03. The van der Waals surface area contributed by atoms with Crippen LogP contribution in [0, 0.1) is 0 Å². The number of anilines is 1. The minimum atomic E-state index is -2.89. The Morgan fingerprint density at radius 2 is 2.05 bits per heavy atom. The summed E-state index contributed by atoms with van der Waals surface area (Å²) in [6.07, 6.45) is 2.01. The summed E-state index contributed by atoms with van der Waals surface area (Å²) in [5, 5.41) is 3.24. The molecule has 0 aliphatic rings. The fourth-order valence-electron chi connectivity index (χ4n) is 1.73. The SMILES string of the molecule is CSCc1ccc(CNc2ccc(OC(F)F)c(Cl)c2)o1. The largest absolute Gasteiger partial charge is 0.463 e. The number of hydrogen-bond donors (Lipinski definition) is 1. The molecule has 1 aromatic heterocycles. The number of alkyl halides is 2. The number of halogens is 3. The third-order valence-corrected chi connectivity index (χ3v) is 3.49. The van der Waals surface area contributed by atoms with Crippen LogP contribution in [0.5, 0.6) is 5.75 Å². The lowest BCUT2D eigenvalue weighted by Gasteiger charge is -2.09. The van der Waals surface area contributed by atoms with E-state index in [0.717, 1.165) is 17.3 Å². The first-order chi connectivity index (χ1) is 10.1. The van der Waals surface area contributed by atoms with Crippen molar-refractivity contribution in [2.45, 2.75) is 18.9 Å². The van der Waals surface area contributed by atoms with E-state index in [0.29, 0.717) is 12.2 Å². The Bertz CT molecular complexity index is 592. The molecule has 0 fully saturated rings. The summed E-state index contributed by atoms with van der Waals surface area (Å²) >= 11 is 7.56. The van der Waals surface area contributed by atoms with Crippen molar-refractivity contribution >= 4 is 29.1 Å². The summed E-state index contributed by atoms with van der Waals surface area (Å²) in [4.78, 5) is 0. The Balaban J connectivity index is 1.94. The number of furan rings is 1. The fourth-order valence-corrected chi connectivity index (χ4v) is 2.39. The van der Waals surface area contributed by atoms with Gasteiger partial charge in [-0.15, -0.1) is 0 Å². The number of nitrogens with one attached hydrogen (secondary N) is 1. The quantitative estimate of drug-likeness (QED) is 0.772. The van der Waals surface area contributed by atoms with Gasteiger partial charge in [-0.1, -0.05) is 11.6 Å². The summed E-state index contributed by atoms with van der Waals surface area (Å²) in [5.41, 5.74) is 0.699. The van der Waals surface area contributed by atoms with Crippen molar-refractivity contribution in [3.05, 3.63) is 46.9 Å². The Hall–Kier alpha value is -1.40. The Kier molecular flexibility index (Phi) is 5.76. The molecule has 1 aromatic carbocycles. The van der Waals surface area contributed by atoms with Gasteiger partial charge < -0.3 is 14.5 Å². The molecule has 114 valence electrons. The average Bonchev–Trinajstić information content (AvgIpc) is 2.87. The molecule has 2 aromatic rings. The zero-order chi connectivity index (χ0) is 15.2. The van der Waals surface area contributed by atoms with Crippen molar-refractivity contribution in [3.63, 3.8) is 0 Å². The molecule has 0 aliphatic heterocycles.